The first-order valence-corrected chi connectivity index (χ1v) is 9.54. The lowest BCUT2D eigenvalue weighted by atomic mass is 9.98. The molecule has 1 saturated carbocycles. The first kappa shape index (κ1) is 15.1. The van der Waals surface area contributed by atoms with Crippen molar-refractivity contribution in [2.45, 2.75) is 30.9 Å². The van der Waals surface area contributed by atoms with Gasteiger partial charge in [0.05, 0.1) is 7.11 Å². The predicted octanol–water partition coefficient (Wildman–Crippen LogP) is 3.75. The van der Waals surface area contributed by atoms with Crippen LogP contribution in [0.3, 0.4) is 0 Å². The van der Waals surface area contributed by atoms with Crippen LogP contribution in [0.5, 0.6) is 5.75 Å². The normalized spacial score (nSPS) is 19.3. The van der Waals surface area contributed by atoms with Crippen LogP contribution in [0.15, 0.2) is 24.5 Å². The zero-order chi connectivity index (χ0) is 15.6. The maximum absolute atomic E-state index is 5.44. The Balaban J connectivity index is 1.49. The SMILES string of the molecule is COc1cccc2c(N3CCC(CSC4CC4)CC3)ncnc12. The highest BCUT2D eigenvalue weighted by Crippen LogP contribution is 2.37. The van der Waals surface area contributed by atoms with E-state index >= 15 is 0 Å². The van der Waals surface area contributed by atoms with Crippen LogP contribution in [-0.2, 0) is 0 Å². The summed E-state index contributed by atoms with van der Waals surface area (Å²) in [5, 5.41) is 2.07. The second-order valence-corrected chi connectivity index (χ2v) is 7.85. The van der Waals surface area contributed by atoms with Gasteiger partial charge < -0.3 is 9.64 Å². The number of ether oxygens (including phenoxy) is 1. The van der Waals surface area contributed by atoms with Crippen molar-refractivity contribution in [3.8, 4) is 5.75 Å². The van der Waals surface area contributed by atoms with E-state index in [-0.39, 0.29) is 0 Å². The number of anilines is 1. The molecular formula is C18H23N3OS. The minimum Gasteiger partial charge on any atom is -0.494 e. The third kappa shape index (κ3) is 3.25. The van der Waals surface area contributed by atoms with Crippen molar-refractivity contribution < 1.29 is 4.74 Å². The van der Waals surface area contributed by atoms with Crippen LogP contribution < -0.4 is 9.64 Å². The number of rotatable bonds is 5. The maximum Gasteiger partial charge on any atom is 0.145 e. The number of methoxy groups -OCH3 is 1. The highest BCUT2D eigenvalue weighted by molar-refractivity contribution is 8.00. The van der Waals surface area contributed by atoms with Crippen LogP contribution in [0.4, 0.5) is 5.82 Å². The van der Waals surface area contributed by atoms with E-state index in [4.69, 9.17) is 4.74 Å². The fourth-order valence-corrected chi connectivity index (χ4v) is 4.63. The Hall–Kier alpha value is -1.49. The molecule has 0 unspecified atom stereocenters. The first-order chi connectivity index (χ1) is 11.3. The summed E-state index contributed by atoms with van der Waals surface area (Å²) in [7, 11) is 1.69. The Morgan fingerprint density at radius 3 is 2.74 bits per heavy atom. The van der Waals surface area contributed by atoms with Gasteiger partial charge in [-0.05, 0) is 49.5 Å². The summed E-state index contributed by atoms with van der Waals surface area (Å²) in [6, 6.07) is 6.08. The Kier molecular flexibility index (Phi) is 4.29. The largest absolute Gasteiger partial charge is 0.494 e. The van der Waals surface area contributed by atoms with Crippen molar-refractivity contribution in [1.82, 2.24) is 9.97 Å². The predicted molar refractivity (Wildman–Crippen MR) is 96.5 cm³/mol. The standard InChI is InChI=1S/C18H23N3OS/c1-22-16-4-2-3-15-17(16)19-12-20-18(15)21-9-7-13(8-10-21)11-23-14-5-6-14/h2-4,12-14H,5-11H2,1H3. The van der Waals surface area contributed by atoms with E-state index in [9.17, 15) is 0 Å². The topological polar surface area (TPSA) is 38.2 Å². The van der Waals surface area contributed by atoms with Crippen molar-refractivity contribution >= 4 is 28.5 Å². The number of benzene rings is 1. The highest BCUT2D eigenvalue weighted by Gasteiger charge is 2.26. The van der Waals surface area contributed by atoms with Gasteiger partial charge in [0.2, 0.25) is 0 Å². The van der Waals surface area contributed by atoms with Gasteiger partial charge >= 0.3 is 0 Å². The summed E-state index contributed by atoms with van der Waals surface area (Å²) in [4.78, 5) is 11.4. The van der Waals surface area contributed by atoms with Gasteiger partial charge in [-0.1, -0.05) is 6.07 Å². The van der Waals surface area contributed by atoms with E-state index in [1.54, 1.807) is 13.4 Å². The molecule has 4 nitrogen and oxygen atoms in total. The van der Waals surface area contributed by atoms with Gasteiger partial charge in [-0.15, -0.1) is 0 Å². The molecule has 0 N–H and O–H groups in total. The molecule has 2 heterocycles. The number of para-hydroxylation sites is 1. The van der Waals surface area contributed by atoms with E-state index in [2.05, 4.69) is 32.7 Å². The quantitative estimate of drug-likeness (QED) is 0.835. The van der Waals surface area contributed by atoms with Crippen molar-refractivity contribution in [3.63, 3.8) is 0 Å². The molecule has 0 bridgehead atoms. The van der Waals surface area contributed by atoms with E-state index < -0.39 is 0 Å². The molecule has 5 heteroatoms. The van der Waals surface area contributed by atoms with E-state index in [0.29, 0.717) is 0 Å². The summed E-state index contributed by atoms with van der Waals surface area (Å²) in [6.07, 6.45) is 7.09. The van der Waals surface area contributed by atoms with E-state index in [1.165, 1.54) is 31.4 Å². The molecule has 0 spiro atoms. The summed E-state index contributed by atoms with van der Waals surface area (Å²) < 4.78 is 5.44. The minimum absolute atomic E-state index is 0.821. The fraction of sp³-hybridized carbons (Fsp3) is 0.556. The molecule has 4 rings (SSSR count). The molecule has 1 saturated heterocycles. The molecule has 2 aliphatic rings. The number of nitrogens with zero attached hydrogens (tertiary/aromatic N) is 3. The molecule has 2 fully saturated rings. The van der Waals surface area contributed by atoms with Gasteiger partial charge in [0.15, 0.2) is 0 Å². The Labute approximate surface area is 141 Å². The third-order valence-corrected chi connectivity index (χ3v) is 6.44. The van der Waals surface area contributed by atoms with Crippen molar-refractivity contribution in [1.29, 1.82) is 0 Å². The summed E-state index contributed by atoms with van der Waals surface area (Å²) in [6.45, 7) is 2.19. The van der Waals surface area contributed by atoms with Gasteiger partial charge in [0.1, 0.15) is 23.4 Å². The lowest BCUT2D eigenvalue weighted by Gasteiger charge is -2.33. The monoisotopic (exact) mass is 329 g/mol. The van der Waals surface area contributed by atoms with Gasteiger partial charge in [-0.2, -0.15) is 11.8 Å². The fourth-order valence-electron chi connectivity index (χ4n) is 3.28. The lowest BCUT2D eigenvalue weighted by molar-refractivity contribution is 0.418. The Morgan fingerprint density at radius 1 is 1.17 bits per heavy atom. The average molecular weight is 329 g/mol. The molecule has 1 aromatic carbocycles. The van der Waals surface area contributed by atoms with Crippen molar-refractivity contribution in [2.24, 2.45) is 5.92 Å². The second-order valence-electron chi connectivity index (χ2n) is 6.52. The zero-order valence-electron chi connectivity index (χ0n) is 13.6. The van der Waals surface area contributed by atoms with Crippen molar-refractivity contribution in [2.75, 3.05) is 30.9 Å². The van der Waals surface area contributed by atoms with Crippen LogP contribution in [-0.4, -0.2) is 41.2 Å². The van der Waals surface area contributed by atoms with Gasteiger partial charge in [0.25, 0.3) is 0 Å². The first-order valence-electron chi connectivity index (χ1n) is 8.49. The highest BCUT2D eigenvalue weighted by atomic mass is 32.2. The number of hydrogen-bond donors (Lipinski definition) is 0. The number of aromatic nitrogens is 2. The minimum atomic E-state index is 0.821. The molecule has 1 aliphatic carbocycles. The maximum atomic E-state index is 5.44. The van der Waals surface area contributed by atoms with E-state index in [0.717, 1.165) is 46.7 Å². The van der Waals surface area contributed by atoms with Crippen LogP contribution >= 0.6 is 11.8 Å². The molecular weight excluding hydrogens is 306 g/mol. The molecule has 23 heavy (non-hydrogen) atoms. The lowest BCUT2D eigenvalue weighted by Crippen LogP contribution is -2.35. The Morgan fingerprint density at radius 2 is 2.00 bits per heavy atom. The van der Waals surface area contributed by atoms with Gasteiger partial charge in [0, 0.05) is 23.7 Å². The molecule has 0 amide bonds. The zero-order valence-corrected chi connectivity index (χ0v) is 14.4. The molecule has 2 aromatic rings. The summed E-state index contributed by atoms with van der Waals surface area (Å²) in [5.74, 6) is 4.10. The molecule has 0 radical (unpaired) electrons. The average Bonchev–Trinajstić information content (AvgIpc) is 3.44. The van der Waals surface area contributed by atoms with Gasteiger partial charge in [-0.3, -0.25) is 0 Å². The number of thioether (sulfide) groups is 1. The smallest absolute Gasteiger partial charge is 0.145 e. The molecule has 0 atom stereocenters. The third-order valence-electron chi connectivity index (χ3n) is 4.83. The summed E-state index contributed by atoms with van der Waals surface area (Å²) in [5.41, 5.74) is 0.909. The number of hydrogen-bond acceptors (Lipinski definition) is 5. The van der Waals surface area contributed by atoms with E-state index in [1.807, 2.05) is 12.1 Å². The van der Waals surface area contributed by atoms with Crippen LogP contribution in [0.2, 0.25) is 0 Å². The molecule has 1 aliphatic heterocycles. The summed E-state index contributed by atoms with van der Waals surface area (Å²) >= 11 is 2.19. The van der Waals surface area contributed by atoms with Crippen LogP contribution in [0, 0.1) is 5.92 Å². The van der Waals surface area contributed by atoms with Crippen LogP contribution in [0.25, 0.3) is 10.9 Å². The number of fused-ring (bicyclic) bond motifs is 1. The number of piperidine rings is 1. The van der Waals surface area contributed by atoms with Crippen LogP contribution in [0.1, 0.15) is 25.7 Å². The Bertz CT molecular complexity index is 681. The van der Waals surface area contributed by atoms with Crippen molar-refractivity contribution in [3.05, 3.63) is 24.5 Å². The molecule has 122 valence electrons. The second kappa shape index (κ2) is 6.56. The molecule has 1 aromatic heterocycles. The van der Waals surface area contributed by atoms with Gasteiger partial charge in [-0.25, -0.2) is 9.97 Å².